The SMILES string of the molecule is CN=C(NCCOc1cccc(Cl)c1Cl)NCc1sc(C)nc1C.I. The summed E-state index contributed by atoms with van der Waals surface area (Å²) in [4.78, 5) is 9.81. The molecule has 0 saturated carbocycles. The van der Waals surface area contributed by atoms with Crippen LogP contribution >= 0.6 is 58.5 Å². The summed E-state index contributed by atoms with van der Waals surface area (Å²) in [6, 6.07) is 5.32. The van der Waals surface area contributed by atoms with Crippen molar-refractivity contribution in [3.05, 3.63) is 43.8 Å². The predicted molar refractivity (Wildman–Crippen MR) is 117 cm³/mol. The van der Waals surface area contributed by atoms with E-state index in [0.29, 0.717) is 41.5 Å². The lowest BCUT2D eigenvalue weighted by molar-refractivity contribution is 0.322. The number of aromatic nitrogens is 1. The zero-order valence-electron chi connectivity index (χ0n) is 14.2. The summed E-state index contributed by atoms with van der Waals surface area (Å²) in [6.07, 6.45) is 0. The third-order valence-corrected chi connectivity index (χ3v) is 5.08. The van der Waals surface area contributed by atoms with Gasteiger partial charge in [0.25, 0.3) is 0 Å². The minimum Gasteiger partial charge on any atom is -0.490 e. The van der Waals surface area contributed by atoms with Gasteiger partial charge in [0, 0.05) is 11.9 Å². The van der Waals surface area contributed by atoms with E-state index in [9.17, 15) is 0 Å². The molecular formula is C16H21Cl2IN4OS. The second kappa shape index (κ2) is 11.1. The van der Waals surface area contributed by atoms with E-state index in [4.69, 9.17) is 27.9 Å². The van der Waals surface area contributed by atoms with Gasteiger partial charge in [0.05, 0.1) is 28.8 Å². The number of hydrogen-bond acceptors (Lipinski definition) is 4. The third kappa shape index (κ3) is 6.80. The molecule has 2 rings (SSSR count). The lowest BCUT2D eigenvalue weighted by Crippen LogP contribution is -2.38. The molecule has 0 aliphatic heterocycles. The molecule has 0 aliphatic carbocycles. The van der Waals surface area contributed by atoms with E-state index in [1.54, 1.807) is 36.6 Å². The molecule has 0 spiro atoms. The van der Waals surface area contributed by atoms with Gasteiger partial charge in [0.15, 0.2) is 5.96 Å². The van der Waals surface area contributed by atoms with Crippen molar-refractivity contribution in [1.29, 1.82) is 0 Å². The van der Waals surface area contributed by atoms with Gasteiger partial charge < -0.3 is 15.4 Å². The molecule has 0 atom stereocenters. The number of benzene rings is 1. The summed E-state index contributed by atoms with van der Waals surface area (Å²) in [6.45, 7) is 5.74. The molecule has 0 amide bonds. The lowest BCUT2D eigenvalue weighted by Gasteiger charge is -2.13. The molecule has 0 radical (unpaired) electrons. The van der Waals surface area contributed by atoms with Crippen molar-refractivity contribution in [3.63, 3.8) is 0 Å². The summed E-state index contributed by atoms with van der Waals surface area (Å²) in [5, 5.41) is 8.44. The zero-order chi connectivity index (χ0) is 17.5. The second-order valence-electron chi connectivity index (χ2n) is 4.99. The molecule has 1 heterocycles. The van der Waals surface area contributed by atoms with Crippen molar-refractivity contribution in [1.82, 2.24) is 15.6 Å². The number of aryl methyl sites for hydroxylation is 2. The van der Waals surface area contributed by atoms with Crippen LogP contribution in [-0.2, 0) is 6.54 Å². The fourth-order valence-corrected chi connectivity index (χ4v) is 3.27. The average Bonchev–Trinajstić information content (AvgIpc) is 2.88. The van der Waals surface area contributed by atoms with Crippen LogP contribution < -0.4 is 15.4 Å². The van der Waals surface area contributed by atoms with E-state index >= 15 is 0 Å². The van der Waals surface area contributed by atoms with Crippen molar-refractivity contribution in [2.45, 2.75) is 20.4 Å². The number of ether oxygens (including phenoxy) is 1. The molecule has 0 unspecified atom stereocenters. The first-order chi connectivity index (χ1) is 11.5. The lowest BCUT2D eigenvalue weighted by atomic mass is 10.3. The Morgan fingerprint density at radius 2 is 2.04 bits per heavy atom. The van der Waals surface area contributed by atoms with E-state index < -0.39 is 0 Å². The maximum absolute atomic E-state index is 6.08. The maximum Gasteiger partial charge on any atom is 0.191 e. The summed E-state index contributed by atoms with van der Waals surface area (Å²) in [5.41, 5.74) is 1.05. The Morgan fingerprint density at radius 3 is 2.68 bits per heavy atom. The number of guanidine groups is 1. The molecule has 0 bridgehead atoms. The minimum absolute atomic E-state index is 0. The summed E-state index contributed by atoms with van der Waals surface area (Å²) in [7, 11) is 1.73. The quantitative estimate of drug-likeness (QED) is 0.259. The smallest absolute Gasteiger partial charge is 0.191 e. The average molecular weight is 515 g/mol. The number of halogens is 3. The van der Waals surface area contributed by atoms with Crippen LogP contribution in [0.1, 0.15) is 15.6 Å². The Balaban J connectivity index is 0.00000312. The van der Waals surface area contributed by atoms with Gasteiger partial charge >= 0.3 is 0 Å². The maximum atomic E-state index is 6.08. The van der Waals surface area contributed by atoms with Crippen molar-refractivity contribution in [2.75, 3.05) is 20.2 Å². The molecule has 0 aliphatic rings. The molecule has 2 N–H and O–H groups in total. The van der Waals surface area contributed by atoms with Crippen LogP contribution in [0.15, 0.2) is 23.2 Å². The van der Waals surface area contributed by atoms with Crippen LogP contribution in [0.25, 0.3) is 0 Å². The van der Waals surface area contributed by atoms with Crippen molar-refractivity contribution < 1.29 is 4.74 Å². The number of rotatable bonds is 6. The standard InChI is InChI=1S/C16H20Cl2N4OS.HI/c1-10-14(24-11(2)22-10)9-21-16(19-3)20-7-8-23-13-6-4-5-12(17)15(13)18;/h4-6H,7-9H2,1-3H3,(H2,19,20,21);1H. The van der Waals surface area contributed by atoms with Gasteiger partial charge in [0.2, 0.25) is 0 Å². The summed E-state index contributed by atoms with van der Waals surface area (Å²) in [5.74, 6) is 1.28. The number of nitrogens with one attached hydrogen (secondary N) is 2. The first-order valence-corrected chi connectivity index (χ1v) is 9.02. The Bertz CT molecular complexity index is 724. The fraction of sp³-hybridized carbons (Fsp3) is 0.375. The largest absolute Gasteiger partial charge is 0.490 e. The van der Waals surface area contributed by atoms with Gasteiger partial charge in [0.1, 0.15) is 17.4 Å². The molecular weight excluding hydrogens is 494 g/mol. The molecule has 0 fully saturated rings. The molecule has 138 valence electrons. The van der Waals surface area contributed by atoms with Crippen LogP contribution in [-0.4, -0.2) is 31.1 Å². The molecule has 1 aromatic heterocycles. The number of nitrogens with zero attached hydrogens (tertiary/aromatic N) is 2. The number of aliphatic imine (C=N–C) groups is 1. The van der Waals surface area contributed by atoms with E-state index in [1.165, 1.54) is 4.88 Å². The van der Waals surface area contributed by atoms with E-state index in [-0.39, 0.29) is 24.0 Å². The van der Waals surface area contributed by atoms with E-state index in [2.05, 4.69) is 20.6 Å². The first-order valence-electron chi connectivity index (χ1n) is 7.45. The molecule has 5 nitrogen and oxygen atoms in total. The molecule has 2 aromatic rings. The van der Waals surface area contributed by atoms with Crippen molar-refractivity contribution in [3.8, 4) is 5.75 Å². The van der Waals surface area contributed by atoms with Gasteiger partial charge in [-0.25, -0.2) is 4.98 Å². The zero-order valence-corrected chi connectivity index (χ0v) is 18.9. The summed E-state index contributed by atoms with van der Waals surface area (Å²) >= 11 is 13.7. The van der Waals surface area contributed by atoms with Crippen molar-refractivity contribution >= 4 is 64.5 Å². The summed E-state index contributed by atoms with van der Waals surface area (Å²) < 4.78 is 5.63. The Hall–Kier alpha value is -0.770. The first kappa shape index (κ1) is 22.3. The van der Waals surface area contributed by atoms with Gasteiger partial charge in [-0.1, -0.05) is 29.3 Å². The topological polar surface area (TPSA) is 58.5 Å². The van der Waals surface area contributed by atoms with Gasteiger partial charge in [-0.15, -0.1) is 35.3 Å². The van der Waals surface area contributed by atoms with Crippen LogP contribution in [0.2, 0.25) is 10.0 Å². The minimum atomic E-state index is 0. The van der Waals surface area contributed by atoms with Crippen LogP contribution in [0.4, 0.5) is 0 Å². The number of thiazole rings is 1. The Kier molecular flexibility index (Phi) is 9.84. The van der Waals surface area contributed by atoms with E-state index in [0.717, 1.165) is 10.7 Å². The fourth-order valence-electron chi connectivity index (χ4n) is 2.05. The molecule has 9 heteroatoms. The Labute approximate surface area is 179 Å². The van der Waals surface area contributed by atoms with Gasteiger partial charge in [-0.2, -0.15) is 0 Å². The highest BCUT2D eigenvalue weighted by atomic mass is 127. The van der Waals surface area contributed by atoms with Crippen molar-refractivity contribution in [2.24, 2.45) is 4.99 Å². The molecule has 0 saturated heterocycles. The van der Waals surface area contributed by atoms with Crippen LogP contribution in [0.5, 0.6) is 5.75 Å². The number of hydrogen-bond donors (Lipinski definition) is 2. The highest BCUT2D eigenvalue weighted by molar-refractivity contribution is 14.0. The van der Waals surface area contributed by atoms with Crippen LogP contribution in [0, 0.1) is 13.8 Å². The highest BCUT2D eigenvalue weighted by Gasteiger charge is 2.07. The monoisotopic (exact) mass is 514 g/mol. The molecule has 25 heavy (non-hydrogen) atoms. The van der Waals surface area contributed by atoms with Gasteiger partial charge in [-0.3, -0.25) is 4.99 Å². The predicted octanol–water partition coefficient (Wildman–Crippen LogP) is 4.43. The molecule has 1 aromatic carbocycles. The van der Waals surface area contributed by atoms with E-state index in [1.807, 2.05) is 13.8 Å². The Morgan fingerprint density at radius 1 is 1.28 bits per heavy atom. The highest BCUT2D eigenvalue weighted by Crippen LogP contribution is 2.31. The van der Waals surface area contributed by atoms with Crippen LogP contribution in [0.3, 0.4) is 0 Å². The second-order valence-corrected chi connectivity index (χ2v) is 7.07. The normalized spacial score (nSPS) is 11.0. The third-order valence-electron chi connectivity index (χ3n) is 3.21. The van der Waals surface area contributed by atoms with Gasteiger partial charge in [-0.05, 0) is 26.0 Å².